The molecule has 0 saturated heterocycles. The molecule has 5 heteroatoms. The van der Waals surface area contributed by atoms with Crippen LogP contribution in [0.3, 0.4) is 0 Å². The average molecular weight is 519 g/mol. The Morgan fingerprint density at radius 1 is 0.645 bits per heavy atom. The molecule has 0 unspecified atom stereocenters. The van der Waals surface area contributed by atoms with Gasteiger partial charge in [0.25, 0.3) is 0 Å². The Morgan fingerprint density at radius 3 is 1.32 bits per heavy atom. The van der Waals surface area contributed by atoms with E-state index >= 15 is 0 Å². The molecule has 0 aromatic heterocycles. The van der Waals surface area contributed by atoms with Crippen LogP contribution < -0.4 is 13.8 Å². The van der Waals surface area contributed by atoms with Gasteiger partial charge in [0.1, 0.15) is 0 Å². The standard InChI is InChI=1S/C26H29AsCl2O2/c1-16-10-18(3)25(19(4)11-16)30-14-22-8-7-9-23(24(22)27(28)29)15-31-26-20(5)12-17(2)13-21(26)6/h7-13H,14-15H2,1-6H3. The zero-order valence-corrected chi connectivity index (χ0v) is 22.4. The van der Waals surface area contributed by atoms with Gasteiger partial charge in [-0.25, -0.2) is 0 Å². The van der Waals surface area contributed by atoms with Crippen LogP contribution in [0.2, 0.25) is 0 Å². The van der Waals surface area contributed by atoms with E-state index in [0.29, 0.717) is 13.2 Å². The summed E-state index contributed by atoms with van der Waals surface area (Å²) in [4.78, 5) is 0. The third-order valence-electron chi connectivity index (χ3n) is 5.33. The fraction of sp³-hybridized carbons (Fsp3) is 0.308. The van der Waals surface area contributed by atoms with E-state index < -0.39 is 12.8 Å². The van der Waals surface area contributed by atoms with Gasteiger partial charge in [-0.2, -0.15) is 0 Å². The first-order valence-corrected chi connectivity index (χ1v) is 16.2. The van der Waals surface area contributed by atoms with E-state index in [1.807, 2.05) is 18.2 Å². The summed E-state index contributed by atoms with van der Waals surface area (Å²) in [5.74, 6) is 1.85. The van der Waals surface area contributed by atoms with Crippen molar-refractivity contribution >= 4 is 37.0 Å². The molecule has 0 N–H and O–H groups in total. The molecule has 164 valence electrons. The van der Waals surface area contributed by atoms with Crippen LogP contribution in [0.25, 0.3) is 0 Å². The Labute approximate surface area is 199 Å². The molecule has 0 saturated carbocycles. The van der Waals surface area contributed by atoms with Gasteiger partial charge in [-0.05, 0) is 0 Å². The van der Waals surface area contributed by atoms with E-state index in [2.05, 4.69) is 65.8 Å². The fourth-order valence-electron chi connectivity index (χ4n) is 4.18. The molecule has 0 aliphatic heterocycles. The van der Waals surface area contributed by atoms with Crippen molar-refractivity contribution in [1.82, 2.24) is 0 Å². The summed E-state index contributed by atoms with van der Waals surface area (Å²) in [7, 11) is 13.1. The van der Waals surface area contributed by atoms with Gasteiger partial charge < -0.3 is 0 Å². The number of halogens is 2. The number of hydrogen-bond acceptors (Lipinski definition) is 2. The first-order chi connectivity index (χ1) is 14.7. The summed E-state index contributed by atoms with van der Waals surface area (Å²) in [6.45, 7) is 13.4. The minimum atomic E-state index is -2.21. The monoisotopic (exact) mass is 518 g/mol. The predicted molar refractivity (Wildman–Crippen MR) is 134 cm³/mol. The zero-order chi connectivity index (χ0) is 22.7. The Balaban J connectivity index is 1.85. The molecule has 0 amide bonds. The quantitative estimate of drug-likeness (QED) is 0.318. The van der Waals surface area contributed by atoms with E-state index in [4.69, 9.17) is 29.4 Å². The minimum absolute atomic E-state index is 0.432. The average Bonchev–Trinajstić information content (AvgIpc) is 2.66. The zero-order valence-electron chi connectivity index (χ0n) is 19.0. The number of benzene rings is 3. The van der Waals surface area contributed by atoms with Gasteiger partial charge in [-0.15, -0.1) is 0 Å². The van der Waals surface area contributed by atoms with Crippen molar-refractivity contribution in [3.8, 4) is 11.5 Å². The number of rotatable bonds is 7. The van der Waals surface area contributed by atoms with Crippen LogP contribution in [0.4, 0.5) is 0 Å². The summed E-state index contributed by atoms with van der Waals surface area (Å²) in [6.07, 6.45) is 0. The van der Waals surface area contributed by atoms with Crippen LogP contribution in [-0.4, -0.2) is 12.8 Å². The van der Waals surface area contributed by atoms with Gasteiger partial charge in [0.05, 0.1) is 0 Å². The van der Waals surface area contributed by atoms with Gasteiger partial charge in [0, 0.05) is 0 Å². The summed E-state index contributed by atoms with van der Waals surface area (Å²) >= 11 is -2.21. The molecule has 0 aliphatic rings. The van der Waals surface area contributed by atoms with Crippen LogP contribution in [-0.2, 0) is 13.2 Å². The molecule has 31 heavy (non-hydrogen) atoms. The topological polar surface area (TPSA) is 18.5 Å². The Morgan fingerprint density at radius 2 is 1.00 bits per heavy atom. The molecule has 3 aromatic rings. The van der Waals surface area contributed by atoms with E-state index in [1.165, 1.54) is 11.1 Å². The molecular weight excluding hydrogens is 490 g/mol. The molecule has 0 atom stereocenters. The van der Waals surface area contributed by atoms with Gasteiger partial charge in [-0.1, -0.05) is 0 Å². The van der Waals surface area contributed by atoms with Crippen molar-refractivity contribution in [3.05, 3.63) is 87.0 Å². The SMILES string of the molecule is Cc1cc(C)c(OCc2cccc(COc3c(C)cc(C)cc3C)c2[As](Cl)Cl)c(C)c1. The molecule has 3 rings (SSSR count). The maximum atomic E-state index is 6.54. The molecule has 0 spiro atoms. The Bertz CT molecular complexity index is 967. The summed E-state index contributed by atoms with van der Waals surface area (Å²) in [6, 6.07) is 14.7. The van der Waals surface area contributed by atoms with Crippen LogP contribution in [0.15, 0.2) is 42.5 Å². The molecule has 2 nitrogen and oxygen atoms in total. The third kappa shape index (κ3) is 5.80. The van der Waals surface area contributed by atoms with Crippen molar-refractivity contribution in [2.24, 2.45) is 0 Å². The normalized spacial score (nSPS) is 11.1. The van der Waals surface area contributed by atoms with Crippen LogP contribution in [0.1, 0.15) is 44.5 Å². The number of hydrogen-bond donors (Lipinski definition) is 0. The van der Waals surface area contributed by atoms with E-state index in [1.54, 1.807) is 0 Å². The molecule has 0 fully saturated rings. The molecular formula is C26H29AsCl2O2. The van der Waals surface area contributed by atoms with Crippen molar-refractivity contribution in [2.75, 3.05) is 0 Å². The predicted octanol–water partition coefficient (Wildman–Crippen LogP) is 6.87. The summed E-state index contributed by atoms with van der Waals surface area (Å²) in [5, 5.41) is 0. The van der Waals surface area contributed by atoms with Crippen molar-refractivity contribution in [2.45, 2.75) is 54.8 Å². The molecule has 0 radical (unpaired) electrons. The Hall–Kier alpha value is -1.60. The first-order valence-electron chi connectivity index (χ1n) is 10.3. The van der Waals surface area contributed by atoms with Crippen molar-refractivity contribution < 1.29 is 9.47 Å². The van der Waals surface area contributed by atoms with Gasteiger partial charge in [0.2, 0.25) is 0 Å². The van der Waals surface area contributed by atoms with Crippen molar-refractivity contribution in [1.29, 1.82) is 0 Å². The summed E-state index contributed by atoms with van der Waals surface area (Å²) < 4.78 is 13.5. The van der Waals surface area contributed by atoms with Gasteiger partial charge in [-0.3, -0.25) is 0 Å². The second-order valence-electron chi connectivity index (χ2n) is 8.19. The second-order valence-corrected chi connectivity index (χ2v) is 14.5. The molecule has 0 heterocycles. The van der Waals surface area contributed by atoms with Crippen LogP contribution in [0, 0.1) is 41.5 Å². The van der Waals surface area contributed by atoms with E-state index in [9.17, 15) is 0 Å². The van der Waals surface area contributed by atoms with Crippen LogP contribution in [0.5, 0.6) is 11.5 Å². The molecule has 3 aromatic carbocycles. The fourth-order valence-corrected chi connectivity index (χ4v) is 7.93. The van der Waals surface area contributed by atoms with E-state index in [-0.39, 0.29) is 0 Å². The third-order valence-corrected chi connectivity index (χ3v) is 9.00. The second kappa shape index (κ2) is 10.3. The molecule has 0 aliphatic carbocycles. The number of aryl methyl sites for hydroxylation is 6. The summed E-state index contributed by atoms with van der Waals surface area (Å²) in [5.41, 5.74) is 9.07. The van der Waals surface area contributed by atoms with Crippen LogP contribution >= 0.6 is 19.9 Å². The van der Waals surface area contributed by atoms with Crippen molar-refractivity contribution in [3.63, 3.8) is 0 Å². The Kier molecular flexibility index (Phi) is 8.02. The molecule has 0 bridgehead atoms. The van der Waals surface area contributed by atoms with Gasteiger partial charge in [0.15, 0.2) is 0 Å². The maximum absolute atomic E-state index is 6.54. The van der Waals surface area contributed by atoms with E-state index in [0.717, 1.165) is 49.2 Å². The van der Waals surface area contributed by atoms with Gasteiger partial charge >= 0.3 is 200 Å². The number of ether oxygens (including phenoxy) is 2. The first kappa shape index (κ1) is 24.0.